The van der Waals surface area contributed by atoms with Crippen molar-refractivity contribution in [2.24, 2.45) is 4.99 Å². The van der Waals surface area contributed by atoms with Gasteiger partial charge in [-0.15, -0.1) is 0 Å². The van der Waals surface area contributed by atoms with Crippen molar-refractivity contribution >= 4 is 11.9 Å². The summed E-state index contributed by atoms with van der Waals surface area (Å²) in [5.74, 6) is 0.861. The van der Waals surface area contributed by atoms with Gasteiger partial charge in [0.25, 0.3) is 5.91 Å². The Hall–Kier alpha value is -2.12. The fourth-order valence-electron chi connectivity index (χ4n) is 3.33. The van der Waals surface area contributed by atoms with Crippen LogP contribution in [0.15, 0.2) is 29.3 Å². The molecule has 1 aliphatic heterocycles. The van der Waals surface area contributed by atoms with Crippen LogP contribution in [-0.4, -0.2) is 100 Å². The zero-order valence-corrected chi connectivity index (χ0v) is 17.9. The van der Waals surface area contributed by atoms with Gasteiger partial charge < -0.3 is 20.4 Å². The van der Waals surface area contributed by atoms with Crippen molar-refractivity contribution in [3.05, 3.63) is 35.4 Å². The third-order valence-electron chi connectivity index (χ3n) is 5.14. The summed E-state index contributed by atoms with van der Waals surface area (Å²) in [6, 6.07) is 7.83. The molecule has 0 aliphatic carbocycles. The van der Waals surface area contributed by atoms with E-state index in [1.807, 2.05) is 18.2 Å². The highest BCUT2D eigenvalue weighted by atomic mass is 16.2. The Morgan fingerprint density at radius 1 is 1.11 bits per heavy atom. The van der Waals surface area contributed by atoms with Crippen LogP contribution in [0, 0.1) is 0 Å². The molecule has 0 saturated carbocycles. The lowest BCUT2D eigenvalue weighted by Gasteiger charge is -2.34. The van der Waals surface area contributed by atoms with Crippen LogP contribution in [0.25, 0.3) is 0 Å². The van der Waals surface area contributed by atoms with E-state index in [-0.39, 0.29) is 5.91 Å². The lowest BCUT2D eigenvalue weighted by atomic mass is 10.1. The normalized spacial score (nSPS) is 16.1. The molecule has 1 heterocycles. The van der Waals surface area contributed by atoms with Gasteiger partial charge in [0.05, 0.1) is 0 Å². The van der Waals surface area contributed by atoms with Crippen molar-refractivity contribution in [2.45, 2.75) is 13.3 Å². The molecule has 1 saturated heterocycles. The number of guanidine groups is 1. The summed E-state index contributed by atoms with van der Waals surface area (Å²) < 4.78 is 0. The third kappa shape index (κ3) is 7.13. The first-order chi connectivity index (χ1) is 13.5. The Kier molecular flexibility index (Phi) is 9.23. The lowest BCUT2D eigenvalue weighted by molar-refractivity contribution is 0.0827. The van der Waals surface area contributed by atoms with Gasteiger partial charge in [-0.25, -0.2) is 0 Å². The molecule has 28 heavy (non-hydrogen) atoms. The average Bonchev–Trinajstić information content (AvgIpc) is 2.72. The van der Waals surface area contributed by atoms with Crippen molar-refractivity contribution in [2.75, 3.05) is 73.5 Å². The molecule has 7 nitrogen and oxygen atoms in total. The van der Waals surface area contributed by atoms with E-state index in [9.17, 15) is 4.79 Å². The minimum Gasteiger partial charge on any atom is -0.356 e. The minimum atomic E-state index is 0.0343. The number of carbonyl (C=O) groups excluding carboxylic acids is 1. The Morgan fingerprint density at radius 3 is 2.43 bits per heavy atom. The molecule has 1 aromatic rings. The summed E-state index contributed by atoms with van der Waals surface area (Å²) >= 11 is 0. The van der Waals surface area contributed by atoms with E-state index in [4.69, 9.17) is 0 Å². The highest BCUT2D eigenvalue weighted by Crippen LogP contribution is 2.07. The summed E-state index contributed by atoms with van der Waals surface area (Å²) in [4.78, 5) is 23.0. The summed E-state index contributed by atoms with van der Waals surface area (Å²) in [6.07, 6.45) is 0.841. The first kappa shape index (κ1) is 22.2. The van der Waals surface area contributed by atoms with Crippen molar-refractivity contribution in [1.82, 2.24) is 25.3 Å². The number of hydrogen-bond donors (Lipinski definition) is 2. The number of carbonyl (C=O) groups is 1. The molecule has 0 spiro atoms. The minimum absolute atomic E-state index is 0.0343. The topological polar surface area (TPSA) is 63.2 Å². The standard InChI is InChI=1S/C21H36N6O/c1-5-26-13-15-27(16-14-26)12-11-24-21(22-2)23-10-9-18-7-6-8-19(17-18)20(28)25(3)4/h6-8,17H,5,9-16H2,1-4H3,(H2,22,23,24). The largest absolute Gasteiger partial charge is 0.356 e. The molecule has 156 valence electrons. The van der Waals surface area contributed by atoms with Crippen LogP contribution < -0.4 is 10.6 Å². The van der Waals surface area contributed by atoms with E-state index in [2.05, 4.69) is 38.4 Å². The number of nitrogens with zero attached hydrogens (tertiary/aromatic N) is 4. The molecule has 0 unspecified atom stereocenters. The fraction of sp³-hybridized carbons (Fsp3) is 0.619. The van der Waals surface area contributed by atoms with Crippen LogP contribution in [-0.2, 0) is 6.42 Å². The number of likely N-dealkylation sites (N-methyl/N-ethyl adjacent to an activating group) is 1. The number of piperazine rings is 1. The predicted molar refractivity (Wildman–Crippen MR) is 116 cm³/mol. The molecule has 1 amide bonds. The molecule has 0 atom stereocenters. The highest BCUT2D eigenvalue weighted by molar-refractivity contribution is 5.94. The Bertz CT molecular complexity index is 638. The van der Waals surface area contributed by atoms with Gasteiger partial charge >= 0.3 is 0 Å². The van der Waals surface area contributed by atoms with Gasteiger partial charge in [0.1, 0.15) is 0 Å². The molecular formula is C21H36N6O. The summed E-state index contributed by atoms with van der Waals surface area (Å²) in [5.41, 5.74) is 1.87. The van der Waals surface area contributed by atoms with E-state index < -0.39 is 0 Å². The van der Waals surface area contributed by atoms with E-state index >= 15 is 0 Å². The second-order valence-electron chi connectivity index (χ2n) is 7.35. The van der Waals surface area contributed by atoms with Crippen LogP contribution in [0.4, 0.5) is 0 Å². The number of amides is 1. The van der Waals surface area contributed by atoms with Gasteiger partial charge in [-0.2, -0.15) is 0 Å². The van der Waals surface area contributed by atoms with Crippen molar-refractivity contribution in [3.63, 3.8) is 0 Å². The Balaban J connectivity index is 1.68. The van der Waals surface area contributed by atoms with E-state index in [1.165, 1.54) is 13.1 Å². The average molecular weight is 389 g/mol. The van der Waals surface area contributed by atoms with E-state index in [0.29, 0.717) is 0 Å². The van der Waals surface area contributed by atoms with Gasteiger partial charge in [0.2, 0.25) is 0 Å². The quantitative estimate of drug-likeness (QED) is 0.508. The Labute approximate surface area is 169 Å². The maximum absolute atomic E-state index is 12.1. The summed E-state index contributed by atoms with van der Waals surface area (Å²) in [7, 11) is 5.34. The second kappa shape index (κ2) is 11.7. The van der Waals surface area contributed by atoms with Crippen LogP contribution >= 0.6 is 0 Å². The molecule has 1 fully saturated rings. The van der Waals surface area contributed by atoms with E-state index in [1.54, 1.807) is 26.0 Å². The monoisotopic (exact) mass is 388 g/mol. The van der Waals surface area contributed by atoms with Crippen LogP contribution in [0.5, 0.6) is 0 Å². The van der Waals surface area contributed by atoms with Gasteiger partial charge in [-0.3, -0.25) is 14.7 Å². The maximum atomic E-state index is 12.1. The Morgan fingerprint density at radius 2 is 1.79 bits per heavy atom. The number of rotatable bonds is 8. The van der Waals surface area contributed by atoms with Crippen molar-refractivity contribution < 1.29 is 4.79 Å². The third-order valence-corrected chi connectivity index (χ3v) is 5.14. The van der Waals surface area contributed by atoms with Gasteiger partial charge in [0.15, 0.2) is 5.96 Å². The molecule has 1 aromatic carbocycles. The molecule has 2 rings (SSSR count). The molecule has 0 bridgehead atoms. The number of benzene rings is 1. The number of aliphatic imine (C=N–C) groups is 1. The van der Waals surface area contributed by atoms with Gasteiger partial charge in [-0.1, -0.05) is 19.1 Å². The first-order valence-electron chi connectivity index (χ1n) is 10.2. The summed E-state index contributed by atoms with van der Waals surface area (Å²) in [5, 5.41) is 6.76. The van der Waals surface area contributed by atoms with Gasteiger partial charge in [-0.05, 0) is 30.7 Å². The molecule has 0 aromatic heterocycles. The first-order valence-corrected chi connectivity index (χ1v) is 10.2. The number of nitrogens with one attached hydrogen (secondary N) is 2. The smallest absolute Gasteiger partial charge is 0.253 e. The molecule has 7 heteroatoms. The molecule has 0 radical (unpaired) electrons. The zero-order chi connectivity index (χ0) is 20.4. The zero-order valence-electron chi connectivity index (χ0n) is 17.9. The summed E-state index contributed by atoms with van der Waals surface area (Å²) in [6.45, 7) is 10.7. The van der Waals surface area contributed by atoms with Crippen LogP contribution in [0.2, 0.25) is 0 Å². The SMILES string of the molecule is CCN1CCN(CCNC(=NC)NCCc2cccc(C(=O)N(C)C)c2)CC1. The predicted octanol–water partition coefficient (Wildman–Crippen LogP) is 0.733. The lowest BCUT2D eigenvalue weighted by Crippen LogP contribution is -2.49. The molecule has 2 N–H and O–H groups in total. The van der Waals surface area contributed by atoms with Gasteiger partial charge in [0, 0.05) is 72.5 Å². The van der Waals surface area contributed by atoms with Crippen molar-refractivity contribution in [1.29, 1.82) is 0 Å². The second-order valence-corrected chi connectivity index (χ2v) is 7.35. The highest BCUT2D eigenvalue weighted by Gasteiger charge is 2.14. The van der Waals surface area contributed by atoms with E-state index in [0.717, 1.165) is 62.8 Å². The van der Waals surface area contributed by atoms with Crippen LogP contribution in [0.3, 0.4) is 0 Å². The fourth-order valence-corrected chi connectivity index (χ4v) is 3.33. The molecular weight excluding hydrogens is 352 g/mol. The maximum Gasteiger partial charge on any atom is 0.253 e. The molecule has 1 aliphatic rings. The van der Waals surface area contributed by atoms with Crippen molar-refractivity contribution in [3.8, 4) is 0 Å². The van der Waals surface area contributed by atoms with Crippen LogP contribution in [0.1, 0.15) is 22.8 Å². The number of hydrogen-bond acceptors (Lipinski definition) is 4.